The minimum Gasteiger partial charge on any atom is -0.452 e. The first-order chi connectivity index (χ1) is 14.7. The van der Waals surface area contributed by atoms with Crippen LogP contribution in [-0.4, -0.2) is 36.3 Å². The second kappa shape index (κ2) is 9.42. The van der Waals surface area contributed by atoms with Gasteiger partial charge in [0.25, 0.3) is 5.91 Å². The molecule has 2 aromatic carbocycles. The van der Waals surface area contributed by atoms with Crippen molar-refractivity contribution in [2.45, 2.75) is 33.3 Å². The first kappa shape index (κ1) is 22.0. The molecule has 8 heteroatoms. The van der Waals surface area contributed by atoms with Crippen LogP contribution in [0, 0.1) is 12.8 Å². The monoisotopic (exact) mass is 423 g/mol. The Morgan fingerprint density at radius 2 is 1.58 bits per heavy atom. The Morgan fingerprint density at radius 3 is 2.16 bits per heavy atom. The molecule has 0 unspecified atom stereocenters. The fourth-order valence-electron chi connectivity index (χ4n) is 3.25. The molecule has 0 spiro atoms. The molecule has 0 saturated carbocycles. The molecule has 162 valence electrons. The van der Waals surface area contributed by atoms with Gasteiger partial charge < -0.3 is 20.3 Å². The summed E-state index contributed by atoms with van der Waals surface area (Å²) < 4.78 is 5.31. The summed E-state index contributed by atoms with van der Waals surface area (Å²) in [4.78, 5) is 49.9. The summed E-state index contributed by atoms with van der Waals surface area (Å²) in [6, 6.07) is 14.1. The van der Waals surface area contributed by atoms with E-state index in [1.807, 2.05) is 31.2 Å². The van der Waals surface area contributed by atoms with Crippen molar-refractivity contribution in [1.82, 2.24) is 0 Å². The molecule has 1 fully saturated rings. The van der Waals surface area contributed by atoms with Crippen molar-refractivity contribution in [3.05, 3.63) is 54.1 Å². The van der Waals surface area contributed by atoms with Gasteiger partial charge in [-0.25, -0.2) is 0 Å². The van der Waals surface area contributed by atoms with E-state index in [2.05, 4.69) is 10.6 Å². The highest BCUT2D eigenvalue weighted by molar-refractivity contribution is 6.00. The number of rotatable bonds is 6. The third kappa shape index (κ3) is 5.69. The molecule has 2 atom stereocenters. The number of nitrogens with one attached hydrogen (secondary N) is 2. The summed E-state index contributed by atoms with van der Waals surface area (Å²) in [5.74, 6) is -2.03. The van der Waals surface area contributed by atoms with E-state index >= 15 is 0 Å². The van der Waals surface area contributed by atoms with Gasteiger partial charge >= 0.3 is 5.97 Å². The summed E-state index contributed by atoms with van der Waals surface area (Å²) in [5, 5.41) is 5.30. The quantitative estimate of drug-likeness (QED) is 0.695. The van der Waals surface area contributed by atoms with Crippen molar-refractivity contribution in [3.8, 4) is 0 Å². The third-order valence-corrected chi connectivity index (χ3v) is 4.94. The average molecular weight is 423 g/mol. The minimum atomic E-state index is -1.02. The Kier molecular flexibility index (Phi) is 6.69. The predicted molar refractivity (Wildman–Crippen MR) is 117 cm³/mol. The number of nitrogens with zero attached hydrogens (tertiary/aromatic N) is 1. The molecule has 2 aromatic rings. The maximum absolute atomic E-state index is 12.5. The molecule has 0 bridgehead atoms. The van der Waals surface area contributed by atoms with E-state index in [0.29, 0.717) is 11.4 Å². The standard InChI is InChI=1S/C23H25N3O5/c1-14-4-10-20(11-5-14)26-13-17(12-21(26)28)23(30)31-15(2)22(29)25-19-8-6-18(7-9-19)24-16(3)27/h4-11,15,17H,12-13H2,1-3H3,(H,24,27)(H,25,29)/t15-,17-/m0/s1. The second-order valence-corrected chi connectivity index (χ2v) is 7.57. The SMILES string of the molecule is CC(=O)Nc1ccc(NC(=O)[C@H](C)OC(=O)[C@H]2CC(=O)N(c3ccc(C)cc3)C2)cc1. The Bertz CT molecular complexity index is 985. The lowest BCUT2D eigenvalue weighted by molar-refractivity contribution is -0.157. The Hall–Kier alpha value is -3.68. The number of hydrogen-bond acceptors (Lipinski definition) is 5. The molecule has 1 saturated heterocycles. The van der Waals surface area contributed by atoms with Crippen LogP contribution in [0.5, 0.6) is 0 Å². The fourth-order valence-corrected chi connectivity index (χ4v) is 3.25. The van der Waals surface area contributed by atoms with Gasteiger partial charge in [-0.1, -0.05) is 17.7 Å². The van der Waals surface area contributed by atoms with Gasteiger partial charge in [-0.2, -0.15) is 0 Å². The number of esters is 1. The van der Waals surface area contributed by atoms with E-state index in [4.69, 9.17) is 4.74 Å². The van der Waals surface area contributed by atoms with Crippen molar-refractivity contribution in [3.63, 3.8) is 0 Å². The van der Waals surface area contributed by atoms with Gasteiger partial charge in [-0.15, -0.1) is 0 Å². The van der Waals surface area contributed by atoms with Crippen molar-refractivity contribution in [2.24, 2.45) is 5.92 Å². The van der Waals surface area contributed by atoms with Crippen LogP contribution < -0.4 is 15.5 Å². The van der Waals surface area contributed by atoms with Gasteiger partial charge in [0.2, 0.25) is 11.8 Å². The number of carbonyl (C=O) groups is 4. The van der Waals surface area contributed by atoms with Gasteiger partial charge in [0.1, 0.15) is 0 Å². The van der Waals surface area contributed by atoms with Gasteiger partial charge in [0.15, 0.2) is 6.10 Å². The van der Waals surface area contributed by atoms with E-state index < -0.39 is 23.9 Å². The summed E-state index contributed by atoms with van der Waals surface area (Å²) in [6.07, 6.45) is -0.975. The lowest BCUT2D eigenvalue weighted by atomic mass is 10.1. The van der Waals surface area contributed by atoms with Gasteiger partial charge in [0.05, 0.1) is 5.92 Å². The van der Waals surface area contributed by atoms with Crippen LogP contribution in [0.4, 0.5) is 17.1 Å². The van der Waals surface area contributed by atoms with Crippen LogP contribution in [0.2, 0.25) is 0 Å². The van der Waals surface area contributed by atoms with E-state index in [1.165, 1.54) is 13.8 Å². The zero-order valence-electron chi connectivity index (χ0n) is 17.7. The molecule has 2 N–H and O–H groups in total. The average Bonchev–Trinajstić information content (AvgIpc) is 3.11. The molecule has 3 amide bonds. The van der Waals surface area contributed by atoms with Crippen LogP contribution in [0.15, 0.2) is 48.5 Å². The van der Waals surface area contributed by atoms with Crippen molar-refractivity contribution in [2.75, 3.05) is 22.1 Å². The molecule has 31 heavy (non-hydrogen) atoms. The molecule has 3 rings (SSSR count). The number of benzene rings is 2. The third-order valence-electron chi connectivity index (χ3n) is 4.94. The summed E-state index contributed by atoms with van der Waals surface area (Å²) in [6.45, 7) is 5.07. The lowest BCUT2D eigenvalue weighted by Crippen LogP contribution is -2.33. The maximum atomic E-state index is 12.5. The van der Waals surface area contributed by atoms with Crippen LogP contribution in [-0.2, 0) is 23.9 Å². The fraction of sp³-hybridized carbons (Fsp3) is 0.304. The van der Waals surface area contributed by atoms with Crippen LogP contribution >= 0.6 is 0 Å². The molecule has 0 radical (unpaired) electrons. The number of amides is 3. The minimum absolute atomic E-state index is 0.0473. The number of ether oxygens (including phenoxy) is 1. The molecular weight excluding hydrogens is 398 g/mol. The highest BCUT2D eigenvalue weighted by Crippen LogP contribution is 2.26. The zero-order valence-corrected chi connectivity index (χ0v) is 17.7. The number of anilines is 3. The second-order valence-electron chi connectivity index (χ2n) is 7.57. The van der Waals surface area contributed by atoms with Crippen LogP contribution in [0.3, 0.4) is 0 Å². The smallest absolute Gasteiger partial charge is 0.312 e. The first-order valence-electron chi connectivity index (χ1n) is 9.99. The Balaban J connectivity index is 1.53. The first-order valence-corrected chi connectivity index (χ1v) is 9.99. The van der Waals surface area contributed by atoms with Crippen molar-refractivity contribution < 1.29 is 23.9 Å². The summed E-state index contributed by atoms with van der Waals surface area (Å²) >= 11 is 0. The van der Waals surface area contributed by atoms with Gasteiger partial charge in [-0.05, 0) is 50.2 Å². The zero-order chi connectivity index (χ0) is 22.5. The van der Waals surface area contributed by atoms with E-state index in [1.54, 1.807) is 29.2 Å². The summed E-state index contributed by atoms with van der Waals surface area (Å²) in [5.41, 5.74) is 2.92. The number of hydrogen-bond donors (Lipinski definition) is 2. The van der Waals surface area contributed by atoms with Crippen molar-refractivity contribution >= 4 is 40.8 Å². The maximum Gasteiger partial charge on any atom is 0.312 e. The van der Waals surface area contributed by atoms with E-state index in [0.717, 1.165) is 11.3 Å². The normalized spacial score (nSPS) is 16.5. The Morgan fingerprint density at radius 1 is 1.00 bits per heavy atom. The summed E-state index contributed by atoms with van der Waals surface area (Å²) in [7, 11) is 0. The molecule has 1 aliphatic rings. The highest BCUT2D eigenvalue weighted by atomic mass is 16.5. The Labute approximate surface area is 180 Å². The molecule has 0 aliphatic carbocycles. The number of carbonyl (C=O) groups excluding carboxylic acids is 4. The van der Waals surface area contributed by atoms with E-state index in [-0.39, 0.29) is 24.8 Å². The topological polar surface area (TPSA) is 105 Å². The molecular formula is C23H25N3O5. The molecule has 0 aromatic heterocycles. The van der Waals surface area contributed by atoms with Crippen molar-refractivity contribution in [1.29, 1.82) is 0 Å². The van der Waals surface area contributed by atoms with E-state index in [9.17, 15) is 19.2 Å². The van der Waals surface area contributed by atoms with Gasteiger partial charge in [-0.3, -0.25) is 19.2 Å². The number of aryl methyl sites for hydroxylation is 1. The van der Waals surface area contributed by atoms with Crippen LogP contribution in [0.1, 0.15) is 25.8 Å². The largest absolute Gasteiger partial charge is 0.452 e. The van der Waals surface area contributed by atoms with Crippen LogP contribution in [0.25, 0.3) is 0 Å². The van der Waals surface area contributed by atoms with Gasteiger partial charge in [0, 0.05) is 37.0 Å². The molecule has 1 heterocycles. The predicted octanol–water partition coefficient (Wildman–Crippen LogP) is 2.88. The molecule has 1 aliphatic heterocycles. The molecule has 8 nitrogen and oxygen atoms in total. The highest BCUT2D eigenvalue weighted by Gasteiger charge is 2.37. The lowest BCUT2D eigenvalue weighted by Gasteiger charge is -2.18.